The Morgan fingerprint density at radius 3 is 2.15 bits per heavy atom. The van der Waals surface area contributed by atoms with Crippen LogP contribution >= 0.6 is 46.4 Å². The predicted octanol–water partition coefficient (Wildman–Crippen LogP) is 4.99. The van der Waals surface area contributed by atoms with E-state index in [9.17, 15) is 27.9 Å². The minimum atomic E-state index is -4.27. The summed E-state index contributed by atoms with van der Waals surface area (Å²) in [6.07, 6.45) is 3.76. The summed E-state index contributed by atoms with van der Waals surface area (Å²) in [6.45, 7) is 2.95. The van der Waals surface area contributed by atoms with Gasteiger partial charge in [-0.3, -0.25) is 19.5 Å². The highest BCUT2D eigenvalue weighted by atomic mass is 35.5. The number of aliphatic carboxylic acids is 1. The Bertz CT molecular complexity index is 1750. The SMILES string of the molecule is CC1(C(=O)NC(Cc2ccc(NC(=O)c3c(Cl)cncc3Cl)cc2)C(=O)O)C(N2CCC2)CCN1S(=O)(=O)c1cc(Cl)cc(Cl)c1. The van der Waals surface area contributed by atoms with Gasteiger partial charge in [0.1, 0.15) is 11.6 Å². The van der Waals surface area contributed by atoms with Gasteiger partial charge in [0.05, 0.1) is 20.5 Å². The number of carboxylic acid groups (broad SMARTS) is 1. The molecule has 16 heteroatoms. The van der Waals surface area contributed by atoms with Crippen molar-refractivity contribution < 1.29 is 27.9 Å². The van der Waals surface area contributed by atoms with Crippen molar-refractivity contribution in [3.63, 3.8) is 0 Å². The minimum Gasteiger partial charge on any atom is -0.480 e. The third kappa shape index (κ3) is 6.84. The Morgan fingerprint density at radius 1 is 1.00 bits per heavy atom. The van der Waals surface area contributed by atoms with Gasteiger partial charge in [0.15, 0.2) is 0 Å². The summed E-state index contributed by atoms with van der Waals surface area (Å²) >= 11 is 24.4. The predicted molar refractivity (Wildman–Crippen MR) is 175 cm³/mol. The number of hydrogen-bond donors (Lipinski definition) is 3. The standard InChI is InChI=1S/C30H29Cl4N5O6S/c1-30(25(38-8-2-9-38)7-10-39(30)46(44,45)21-13-18(31)12-19(32)14-21)29(43)37-24(28(41)42)11-17-3-5-20(6-4-17)36-27(40)26-22(33)15-35-16-23(26)34/h3-6,12-16,24-25H,2,7-11H2,1H3,(H,36,40)(H,37,43)(H,41,42). The maximum atomic E-state index is 14.1. The summed E-state index contributed by atoms with van der Waals surface area (Å²) in [7, 11) is -4.27. The van der Waals surface area contributed by atoms with E-state index in [0.29, 0.717) is 30.8 Å². The molecule has 2 aliphatic heterocycles. The molecule has 46 heavy (non-hydrogen) atoms. The summed E-state index contributed by atoms with van der Waals surface area (Å²) < 4.78 is 29.0. The number of sulfonamides is 1. The van der Waals surface area contributed by atoms with Crippen LogP contribution in [0.4, 0.5) is 5.69 Å². The van der Waals surface area contributed by atoms with E-state index in [1.54, 1.807) is 24.3 Å². The number of pyridine rings is 1. The van der Waals surface area contributed by atoms with Gasteiger partial charge in [-0.15, -0.1) is 0 Å². The number of nitrogens with zero attached hydrogens (tertiary/aromatic N) is 3. The van der Waals surface area contributed by atoms with Crippen LogP contribution in [0.3, 0.4) is 0 Å². The van der Waals surface area contributed by atoms with Crippen molar-refractivity contribution in [1.29, 1.82) is 0 Å². The summed E-state index contributed by atoms with van der Waals surface area (Å²) in [5.74, 6) is -2.59. The van der Waals surface area contributed by atoms with Crippen molar-refractivity contribution in [3.05, 3.63) is 86.1 Å². The normalized spacial score (nSPS) is 20.9. The molecule has 5 rings (SSSR count). The largest absolute Gasteiger partial charge is 0.480 e. The average molecular weight is 729 g/mol. The molecule has 11 nitrogen and oxygen atoms in total. The molecule has 0 radical (unpaired) electrons. The molecule has 2 aliphatic rings. The lowest BCUT2D eigenvalue weighted by atomic mass is 9.89. The van der Waals surface area contributed by atoms with Crippen molar-refractivity contribution in [2.75, 3.05) is 25.0 Å². The van der Waals surface area contributed by atoms with Gasteiger partial charge in [-0.2, -0.15) is 4.31 Å². The quantitative estimate of drug-likeness (QED) is 0.265. The lowest BCUT2D eigenvalue weighted by Crippen LogP contribution is -2.67. The van der Waals surface area contributed by atoms with Crippen LogP contribution in [-0.2, 0) is 26.0 Å². The number of nitrogens with one attached hydrogen (secondary N) is 2. The van der Waals surface area contributed by atoms with Crippen LogP contribution in [0, 0.1) is 0 Å². The molecule has 3 atom stereocenters. The highest BCUT2D eigenvalue weighted by Gasteiger charge is 2.58. The van der Waals surface area contributed by atoms with Gasteiger partial charge < -0.3 is 15.7 Å². The summed E-state index contributed by atoms with van der Waals surface area (Å²) in [5, 5.41) is 15.8. The fourth-order valence-electron chi connectivity index (χ4n) is 5.83. The Morgan fingerprint density at radius 2 is 1.61 bits per heavy atom. The molecule has 244 valence electrons. The summed E-state index contributed by atoms with van der Waals surface area (Å²) in [6, 6.07) is 8.42. The van der Waals surface area contributed by atoms with Crippen molar-refractivity contribution in [2.24, 2.45) is 0 Å². The lowest BCUT2D eigenvalue weighted by Gasteiger charge is -2.45. The van der Waals surface area contributed by atoms with E-state index >= 15 is 0 Å². The van der Waals surface area contributed by atoms with E-state index in [0.717, 1.165) is 10.7 Å². The number of benzene rings is 2. The van der Waals surface area contributed by atoms with Crippen LogP contribution in [0.25, 0.3) is 0 Å². The number of rotatable bonds is 10. The van der Waals surface area contributed by atoms with Gasteiger partial charge in [-0.05, 0) is 68.8 Å². The third-order valence-electron chi connectivity index (χ3n) is 8.32. The van der Waals surface area contributed by atoms with Gasteiger partial charge >= 0.3 is 5.97 Å². The van der Waals surface area contributed by atoms with Crippen LogP contribution in [0.1, 0.15) is 35.7 Å². The first-order chi connectivity index (χ1) is 21.7. The number of hydrogen-bond acceptors (Lipinski definition) is 7. The maximum absolute atomic E-state index is 14.1. The van der Waals surface area contributed by atoms with Crippen molar-refractivity contribution in [1.82, 2.24) is 19.5 Å². The van der Waals surface area contributed by atoms with Gasteiger partial charge in [0.2, 0.25) is 15.9 Å². The minimum absolute atomic E-state index is 0.0401. The Labute approximate surface area is 285 Å². The Hall–Kier alpha value is -2.97. The second kappa shape index (κ2) is 13.6. The molecular weight excluding hydrogens is 700 g/mol. The van der Waals surface area contributed by atoms with E-state index in [4.69, 9.17) is 46.4 Å². The topological polar surface area (TPSA) is 149 Å². The number of amides is 2. The van der Waals surface area contributed by atoms with Crippen LogP contribution in [0.2, 0.25) is 20.1 Å². The Balaban J connectivity index is 1.36. The fourth-order valence-corrected chi connectivity index (χ4v) is 8.88. The zero-order valence-electron chi connectivity index (χ0n) is 24.3. The number of likely N-dealkylation sites (tertiary alicyclic amines) is 1. The molecule has 3 aromatic rings. The van der Waals surface area contributed by atoms with Crippen molar-refractivity contribution >= 4 is 79.9 Å². The van der Waals surface area contributed by atoms with E-state index in [1.165, 1.54) is 37.5 Å². The van der Waals surface area contributed by atoms with Crippen LogP contribution in [0.15, 0.2) is 59.8 Å². The molecule has 0 bridgehead atoms. The zero-order valence-corrected chi connectivity index (χ0v) is 28.2. The number of aromatic nitrogens is 1. The fraction of sp³-hybridized carbons (Fsp3) is 0.333. The number of carbonyl (C=O) groups excluding carboxylic acids is 2. The molecule has 2 aromatic carbocycles. The summed E-state index contributed by atoms with van der Waals surface area (Å²) in [5.41, 5.74) is -0.640. The summed E-state index contributed by atoms with van der Waals surface area (Å²) in [4.78, 5) is 44.9. The monoisotopic (exact) mass is 727 g/mol. The average Bonchev–Trinajstić information content (AvgIpc) is 3.30. The van der Waals surface area contributed by atoms with Gasteiger partial charge in [-0.1, -0.05) is 58.5 Å². The lowest BCUT2D eigenvalue weighted by molar-refractivity contribution is -0.144. The number of anilines is 1. The maximum Gasteiger partial charge on any atom is 0.326 e. The molecule has 1 aromatic heterocycles. The molecule has 2 fully saturated rings. The number of halogens is 4. The molecule has 0 spiro atoms. The molecular formula is C30H29Cl4N5O6S. The molecule has 0 aliphatic carbocycles. The highest BCUT2D eigenvalue weighted by molar-refractivity contribution is 7.89. The van der Waals surface area contributed by atoms with Gasteiger partial charge in [0, 0.05) is 47.1 Å². The first-order valence-corrected chi connectivity index (χ1v) is 17.1. The van der Waals surface area contributed by atoms with Gasteiger partial charge in [-0.25, -0.2) is 13.2 Å². The third-order valence-corrected chi connectivity index (χ3v) is 11.3. The van der Waals surface area contributed by atoms with Crippen molar-refractivity contribution in [2.45, 2.75) is 48.7 Å². The highest BCUT2D eigenvalue weighted by Crippen LogP contribution is 2.40. The number of carboxylic acids is 1. The smallest absolute Gasteiger partial charge is 0.326 e. The Kier molecular flexibility index (Phi) is 10.2. The number of carbonyl (C=O) groups is 3. The first kappa shape index (κ1) is 34.4. The van der Waals surface area contributed by atoms with Crippen LogP contribution in [0.5, 0.6) is 0 Å². The molecule has 3 N–H and O–H groups in total. The second-order valence-electron chi connectivity index (χ2n) is 11.2. The van der Waals surface area contributed by atoms with E-state index in [2.05, 4.69) is 15.6 Å². The molecule has 3 unspecified atom stereocenters. The molecule has 2 amide bonds. The molecule has 0 saturated carbocycles. The second-order valence-corrected chi connectivity index (χ2v) is 14.8. The van der Waals surface area contributed by atoms with E-state index in [-0.39, 0.29) is 43.5 Å². The molecule has 3 heterocycles. The first-order valence-electron chi connectivity index (χ1n) is 14.2. The van der Waals surface area contributed by atoms with Crippen LogP contribution in [-0.4, -0.2) is 82.8 Å². The van der Waals surface area contributed by atoms with E-state index < -0.39 is 45.4 Å². The molecule has 2 saturated heterocycles. The van der Waals surface area contributed by atoms with Crippen molar-refractivity contribution in [3.8, 4) is 0 Å². The van der Waals surface area contributed by atoms with Gasteiger partial charge in [0.25, 0.3) is 5.91 Å². The van der Waals surface area contributed by atoms with E-state index in [1.807, 2.05) is 4.90 Å². The zero-order chi connectivity index (χ0) is 33.4. The van der Waals surface area contributed by atoms with Crippen LogP contribution < -0.4 is 10.6 Å².